The molecule has 0 fully saturated rings. The lowest BCUT2D eigenvalue weighted by Crippen LogP contribution is -2.42. The summed E-state index contributed by atoms with van der Waals surface area (Å²) in [5, 5.41) is 0. The van der Waals surface area contributed by atoms with Gasteiger partial charge in [0.2, 0.25) is 0 Å². The number of ether oxygens (including phenoxy) is 2. The molecule has 0 aliphatic rings. The smallest absolute Gasteiger partial charge is 0.323 e. The van der Waals surface area contributed by atoms with Gasteiger partial charge in [-0.1, -0.05) is 6.92 Å². The quantitative estimate of drug-likeness (QED) is 0.737. The zero-order valence-corrected chi connectivity index (χ0v) is 11.3. The van der Waals surface area contributed by atoms with E-state index in [2.05, 4.69) is 0 Å². The first-order chi connectivity index (χ1) is 7.67. The van der Waals surface area contributed by atoms with E-state index in [0.717, 1.165) is 0 Å². The van der Waals surface area contributed by atoms with Crippen LogP contribution in [0.2, 0.25) is 0 Å². The Labute approximate surface area is 103 Å². The van der Waals surface area contributed by atoms with Gasteiger partial charge in [0.1, 0.15) is 11.6 Å². The number of rotatable bonds is 5. The largest absolute Gasteiger partial charge is 0.466 e. The minimum atomic E-state index is -0.807. The normalized spacial score (nSPS) is 14.9. The number of hydrogen-bond donors (Lipinski definition) is 1. The molecule has 5 heteroatoms. The SMILES string of the molecule is CCOC(=O)CC(C)C(N)C(=O)OC(C)(C)C. The van der Waals surface area contributed by atoms with Crippen LogP contribution < -0.4 is 5.73 Å². The Morgan fingerprint density at radius 2 is 1.82 bits per heavy atom. The van der Waals surface area contributed by atoms with E-state index in [9.17, 15) is 9.59 Å². The fourth-order valence-electron chi connectivity index (χ4n) is 1.21. The molecule has 100 valence electrons. The number of esters is 2. The van der Waals surface area contributed by atoms with Crippen LogP contribution in [0, 0.1) is 5.92 Å². The van der Waals surface area contributed by atoms with Crippen molar-refractivity contribution in [3.05, 3.63) is 0 Å². The van der Waals surface area contributed by atoms with Crippen LogP contribution in [0.25, 0.3) is 0 Å². The molecular weight excluding hydrogens is 222 g/mol. The summed E-state index contributed by atoms with van der Waals surface area (Å²) < 4.78 is 9.94. The third-order valence-corrected chi connectivity index (χ3v) is 2.09. The molecular formula is C12H23NO4. The number of carbonyl (C=O) groups excluding carboxylic acids is 2. The molecule has 0 saturated heterocycles. The summed E-state index contributed by atoms with van der Waals surface area (Å²) in [6.45, 7) is 9.10. The molecule has 0 bridgehead atoms. The first-order valence-electron chi connectivity index (χ1n) is 5.81. The highest BCUT2D eigenvalue weighted by Crippen LogP contribution is 2.13. The Bertz CT molecular complexity index is 270. The predicted octanol–water partition coefficient (Wildman–Crippen LogP) is 1.24. The van der Waals surface area contributed by atoms with Gasteiger partial charge in [-0.3, -0.25) is 9.59 Å². The van der Waals surface area contributed by atoms with Crippen molar-refractivity contribution in [1.29, 1.82) is 0 Å². The molecule has 0 rings (SSSR count). The molecule has 0 amide bonds. The predicted molar refractivity (Wildman–Crippen MR) is 64.2 cm³/mol. The fourth-order valence-corrected chi connectivity index (χ4v) is 1.21. The lowest BCUT2D eigenvalue weighted by Gasteiger charge is -2.24. The molecule has 0 spiro atoms. The van der Waals surface area contributed by atoms with Gasteiger partial charge in [-0.25, -0.2) is 0 Å². The monoisotopic (exact) mass is 245 g/mol. The molecule has 5 nitrogen and oxygen atoms in total. The minimum Gasteiger partial charge on any atom is -0.466 e. The van der Waals surface area contributed by atoms with Crippen molar-refractivity contribution >= 4 is 11.9 Å². The van der Waals surface area contributed by atoms with Crippen LogP contribution in [0.1, 0.15) is 41.0 Å². The van der Waals surface area contributed by atoms with Crippen LogP contribution in [0.5, 0.6) is 0 Å². The summed E-state index contributed by atoms with van der Waals surface area (Å²) in [4.78, 5) is 22.9. The van der Waals surface area contributed by atoms with Gasteiger partial charge in [-0.05, 0) is 33.6 Å². The van der Waals surface area contributed by atoms with E-state index < -0.39 is 17.6 Å². The maximum absolute atomic E-state index is 11.6. The molecule has 0 aromatic rings. The number of carbonyl (C=O) groups is 2. The van der Waals surface area contributed by atoms with Gasteiger partial charge in [0, 0.05) is 0 Å². The first kappa shape index (κ1) is 15.9. The van der Waals surface area contributed by atoms with Gasteiger partial charge >= 0.3 is 11.9 Å². The number of nitrogens with two attached hydrogens (primary N) is 1. The Morgan fingerprint density at radius 1 is 1.29 bits per heavy atom. The van der Waals surface area contributed by atoms with Gasteiger partial charge in [0.15, 0.2) is 0 Å². The van der Waals surface area contributed by atoms with E-state index in [1.54, 1.807) is 34.6 Å². The maximum atomic E-state index is 11.6. The molecule has 2 N–H and O–H groups in total. The van der Waals surface area contributed by atoms with Crippen LogP contribution in [0.4, 0.5) is 0 Å². The highest BCUT2D eigenvalue weighted by atomic mass is 16.6. The third kappa shape index (κ3) is 6.94. The van der Waals surface area contributed by atoms with Crippen LogP contribution in [0.3, 0.4) is 0 Å². The van der Waals surface area contributed by atoms with Crippen molar-refractivity contribution in [2.75, 3.05) is 6.61 Å². The average molecular weight is 245 g/mol. The zero-order chi connectivity index (χ0) is 13.6. The standard InChI is InChI=1S/C12H23NO4/c1-6-16-9(14)7-8(2)10(13)11(15)17-12(3,4)5/h8,10H,6-7,13H2,1-5H3. The van der Waals surface area contributed by atoms with Crippen molar-refractivity contribution in [1.82, 2.24) is 0 Å². The second kappa shape index (κ2) is 6.59. The molecule has 0 saturated carbocycles. The molecule has 0 aliphatic heterocycles. The maximum Gasteiger partial charge on any atom is 0.323 e. The van der Waals surface area contributed by atoms with Gasteiger partial charge in [-0.15, -0.1) is 0 Å². The first-order valence-corrected chi connectivity index (χ1v) is 5.81. The van der Waals surface area contributed by atoms with Crippen LogP contribution >= 0.6 is 0 Å². The zero-order valence-electron chi connectivity index (χ0n) is 11.3. The Balaban J connectivity index is 4.25. The Hall–Kier alpha value is -1.10. The van der Waals surface area contributed by atoms with Crippen molar-refractivity contribution in [2.24, 2.45) is 11.7 Å². The highest BCUT2D eigenvalue weighted by molar-refractivity contribution is 5.78. The highest BCUT2D eigenvalue weighted by Gasteiger charge is 2.28. The van der Waals surface area contributed by atoms with Gasteiger partial charge in [0.05, 0.1) is 13.0 Å². The van der Waals surface area contributed by atoms with Crippen molar-refractivity contribution in [3.8, 4) is 0 Å². The topological polar surface area (TPSA) is 78.6 Å². The summed E-state index contributed by atoms with van der Waals surface area (Å²) in [6, 6.07) is -0.807. The molecule has 17 heavy (non-hydrogen) atoms. The minimum absolute atomic E-state index is 0.119. The van der Waals surface area contributed by atoms with E-state index in [-0.39, 0.29) is 18.3 Å². The van der Waals surface area contributed by atoms with Gasteiger partial charge in [-0.2, -0.15) is 0 Å². The van der Waals surface area contributed by atoms with Crippen molar-refractivity contribution in [3.63, 3.8) is 0 Å². The molecule has 0 aromatic carbocycles. The van der Waals surface area contributed by atoms with E-state index in [0.29, 0.717) is 6.61 Å². The van der Waals surface area contributed by atoms with Gasteiger partial charge < -0.3 is 15.2 Å². The molecule has 2 unspecified atom stereocenters. The Kier molecular flexibility index (Phi) is 6.16. The summed E-state index contributed by atoms with van der Waals surface area (Å²) in [7, 11) is 0. The lowest BCUT2D eigenvalue weighted by atomic mass is 9.99. The van der Waals surface area contributed by atoms with E-state index in [1.165, 1.54) is 0 Å². The summed E-state index contributed by atoms with van der Waals surface area (Å²) in [5.74, 6) is -1.14. The van der Waals surface area contributed by atoms with Crippen LogP contribution in [-0.4, -0.2) is 30.2 Å². The third-order valence-electron chi connectivity index (χ3n) is 2.09. The second-order valence-corrected chi connectivity index (χ2v) is 5.05. The van der Waals surface area contributed by atoms with Crippen molar-refractivity contribution in [2.45, 2.75) is 52.7 Å². The molecule has 0 aromatic heterocycles. The van der Waals surface area contributed by atoms with E-state index in [4.69, 9.17) is 15.2 Å². The van der Waals surface area contributed by atoms with Crippen molar-refractivity contribution < 1.29 is 19.1 Å². The average Bonchev–Trinajstić information content (AvgIpc) is 2.13. The second-order valence-electron chi connectivity index (χ2n) is 5.05. The van der Waals surface area contributed by atoms with E-state index in [1.807, 2.05) is 0 Å². The molecule has 0 radical (unpaired) electrons. The summed E-state index contributed by atoms with van der Waals surface area (Å²) >= 11 is 0. The van der Waals surface area contributed by atoms with E-state index >= 15 is 0 Å². The number of hydrogen-bond acceptors (Lipinski definition) is 5. The van der Waals surface area contributed by atoms with Crippen LogP contribution in [-0.2, 0) is 19.1 Å². The van der Waals surface area contributed by atoms with Gasteiger partial charge in [0.25, 0.3) is 0 Å². The molecule has 0 heterocycles. The Morgan fingerprint density at radius 3 is 2.24 bits per heavy atom. The lowest BCUT2D eigenvalue weighted by molar-refractivity contribution is -0.158. The molecule has 0 aliphatic carbocycles. The fraction of sp³-hybridized carbons (Fsp3) is 0.833. The van der Waals surface area contributed by atoms with Crippen LogP contribution in [0.15, 0.2) is 0 Å². The molecule has 2 atom stereocenters. The summed E-state index contributed by atoms with van der Waals surface area (Å²) in [6.07, 6.45) is 0.119. The summed E-state index contributed by atoms with van der Waals surface area (Å²) in [5.41, 5.74) is 5.16.